The number of aromatic nitrogens is 2. The van der Waals surface area contributed by atoms with Crippen molar-refractivity contribution in [3.8, 4) is 10.4 Å². The van der Waals surface area contributed by atoms with Crippen molar-refractivity contribution >= 4 is 17.8 Å². The lowest BCUT2D eigenvalue weighted by atomic mass is 10.2. The molecule has 13 heavy (non-hydrogen) atoms. The first-order valence-corrected chi connectivity index (χ1v) is 4.49. The molecule has 0 atom stereocenters. The zero-order valence-electron chi connectivity index (χ0n) is 6.68. The van der Waals surface area contributed by atoms with Crippen LogP contribution in [0.5, 0.6) is 0 Å². The second-order valence-electron chi connectivity index (χ2n) is 2.50. The van der Waals surface area contributed by atoms with E-state index in [-0.39, 0.29) is 0 Å². The van der Waals surface area contributed by atoms with Gasteiger partial charge in [-0.1, -0.05) is 0 Å². The van der Waals surface area contributed by atoms with Crippen LogP contribution in [-0.2, 0) is 0 Å². The van der Waals surface area contributed by atoms with E-state index in [1.165, 1.54) is 17.7 Å². The molecule has 0 spiro atoms. The summed E-state index contributed by atoms with van der Waals surface area (Å²) in [5, 5.41) is 0. The molecular formula is C9H6N2OS. The van der Waals surface area contributed by atoms with E-state index < -0.39 is 0 Å². The van der Waals surface area contributed by atoms with Crippen molar-refractivity contribution in [3.05, 3.63) is 36.3 Å². The summed E-state index contributed by atoms with van der Waals surface area (Å²) < 4.78 is 3.98. The lowest BCUT2D eigenvalue weighted by Crippen LogP contribution is -1.83. The second kappa shape index (κ2) is 3.45. The first kappa shape index (κ1) is 8.07. The third-order valence-corrected chi connectivity index (χ3v) is 2.41. The maximum absolute atomic E-state index is 10.5. The number of nitrogens with zero attached hydrogens (tertiary/aromatic N) is 2. The molecule has 0 saturated carbocycles. The monoisotopic (exact) mass is 190 g/mol. The van der Waals surface area contributed by atoms with Crippen LogP contribution < -0.4 is 0 Å². The molecule has 2 rings (SSSR count). The molecule has 0 fully saturated rings. The highest BCUT2D eigenvalue weighted by Crippen LogP contribution is 2.21. The summed E-state index contributed by atoms with van der Waals surface area (Å²) in [5.41, 5.74) is 1.53. The molecule has 2 aromatic heterocycles. The lowest BCUT2D eigenvalue weighted by molar-refractivity contribution is 0.112. The third kappa shape index (κ3) is 1.62. The van der Waals surface area contributed by atoms with Gasteiger partial charge in [-0.05, 0) is 23.7 Å². The Bertz CT molecular complexity index is 411. The molecule has 0 bridgehead atoms. The molecule has 0 aliphatic rings. The van der Waals surface area contributed by atoms with Crippen molar-refractivity contribution in [1.29, 1.82) is 0 Å². The molecule has 64 valence electrons. The minimum atomic E-state index is 0.589. The molecule has 3 nitrogen and oxygen atoms in total. The van der Waals surface area contributed by atoms with Crippen molar-refractivity contribution < 1.29 is 4.79 Å². The van der Waals surface area contributed by atoms with E-state index in [0.29, 0.717) is 5.56 Å². The van der Waals surface area contributed by atoms with Crippen molar-refractivity contribution in [2.75, 3.05) is 0 Å². The van der Waals surface area contributed by atoms with E-state index >= 15 is 0 Å². The predicted octanol–water partition coefficient (Wildman–Crippen LogP) is 2.02. The minimum absolute atomic E-state index is 0.589. The molecule has 0 N–H and O–H groups in total. The number of carbonyl (C=O) groups excluding carboxylic acids is 1. The SMILES string of the molecule is O=Cc1cncc(-c2ccns2)c1. The number of rotatable bonds is 2. The highest BCUT2D eigenvalue weighted by Gasteiger charge is 2.00. The average Bonchev–Trinajstić information content (AvgIpc) is 2.71. The van der Waals surface area contributed by atoms with Gasteiger partial charge in [0.1, 0.15) is 0 Å². The summed E-state index contributed by atoms with van der Waals surface area (Å²) >= 11 is 1.39. The zero-order chi connectivity index (χ0) is 9.10. The van der Waals surface area contributed by atoms with E-state index in [2.05, 4.69) is 9.36 Å². The van der Waals surface area contributed by atoms with Crippen molar-refractivity contribution in [3.63, 3.8) is 0 Å². The largest absolute Gasteiger partial charge is 0.298 e. The van der Waals surface area contributed by atoms with Crippen LogP contribution in [0.15, 0.2) is 30.7 Å². The zero-order valence-corrected chi connectivity index (χ0v) is 7.49. The summed E-state index contributed by atoms with van der Waals surface area (Å²) in [6.07, 6.45) is 5.78. The Morgan fingerprint density at radius 3 is 3.00 bits per heavy atom. The molecule has 0 unspecified atom stereocenters. The van der Waals surface area contributed by atoms with Gasteiger partial charge in [-0.15, -0.1) is 0 Å². The first-order chi connectivity index (χ1) is 6.40. The average molecular weight is 190 g/mol. The summed E-state index contributed by atoms with van der Waals surface area (Å²) in [6, 6.07) is 3.70. The highest BCUT2D eigenvalue weighted by atomic mass is 32.1. The van der Waals surface area contributed by atoms with Gasteiger partial charge in [0.15, 0.2) is 6.29 Å². The molecule has 2 aromatic rings. The Balaban J connectivity index is 2.47. The topological polar surface area (TPSA) is 42.9 Å². The molecule has 0 radical (unpaired) electrons. The van der Waals surface area contributed by atoms with E-state index in [9.17, 15) is 4.79 Å². The number of aldehydes is 1. The third-order valence-electron chi connectivity index (χ3n) is 1.62. The van der Waals surface area contributed by atoms with Crippen LogP contribution >= 0.6 is 11.5 Å². The van der Waals surface area contributed by atoms with Crippen LogP contribution in [0.4, 0.5) is 0 Å². The molecule has 0 saturated heterocycles. The Hall–Kier alpha value is -1.55. The van der Waals surface area contributed by atoms with Gasteiger partial charge in [0, 0.05) is 29.7 Å². The van der Waals surface area contributed by atoms with Crippen molar-refractivity contribution in [2.24, 2.45) is 0 Å². The molecule has 0 aliphatic carbocycles. The van der Waals surface area contributed by atoms with Gasteiger partial charge >= 0.3 is 0 Å². The van der Waals surface area contributed by atoms with Crippen LogP contribution in [0.3, 0.4) is 0 Å². The Labute approximate surface area is 79.2 Å². The van der Waals surface area contributed by atoms with Gasteiger partial charge < -0.3 is 0 Å². The van der Waals surface area contributed by atoms with Crippen molar-refractivity contribution in [1.82, 2.24) is 9.36 Å². The van der Waals surface area contributed by atoms with Gasteiger partial charge in [0.25, 0.3) is 0 Å². The van der Waals surface area contributed by atoms with Gasteiger partial charge in [-0.2, -0.15) is 0 Å². The van der Waals surface area contributed by atoms with E-state index in [1.54, 1.807) is 18.5 Å². The minimum Gasteiger partial charge on any atom is -0.298 e. The normalized spacial score (nSPS) is 9.85. The van der Waals surface area contributed by atoms with Gasteiger partial charge in [-0.3, -0.25) is 9.78 Å². The number of hydrogen-bond acceptors (Lipinski definition) is 4. The number of hydrogen-bond donors (Lipinski definition) is 0. The maximum atomic E-state index is 10.5. The first-order valence-electron chi connectivity index (χ1n) is 3.71. The summed E-state index contributed by atoms with van der Waals surface area (Å²) in [5.74, 6) is 0. The molecular weight excluding hydrogens is 184 g/mol. The van der Waals surface area contributed by atoms with Gasteiger partial charge in [0.05, 0.1) is 4.88 Å². The summed E-state index contributed by atoms with van der Waals surface area (Å²) in [4.78, 5) is 15.5. The Morgan fingerprint density at radius 1 is 1.38 bits per heavy atom. The van der Waals surface area contributed by atoms with Crippen LogP contribution in [-0.4, -0.2) is 15.6 Å². The lowest BCUT2D eigenvalue weighted by Gasteiger charge is -1.95. The quantitative estimate of drug-likeness (QED) is 0.680. The fourth-order valence-electron chi connectivity index (χ4n) is 1.02. The van der Waals surface area contributed by atoms with E-state index in [4.69, 9.17) is 0 Å². The molecule has 0 aromatic carbocycles. The fraction of sp³-hybridized carbons (Fsp3) is 0. The van der Waals surface area contributed by atoms with Crippen LogP contribution in [0.25, 0.3) is 10.4 Å². The smallest absolute Gasteiger partial charge is 0.151 e. The number of carbonyl (C=O) groups is 1. The van der Waals surface area contributed by atoms with Crippen LogP contribution in [0.1, 0.15) is 10.4 Å². The molecule has 4 heteroatoms. The van der Waals surface area contributed by atoms with E-state index in [0.717, 1.165) is 16.7 Å². The molecule has 0 aliphatic heterocycles. The summed E-state index contributed by atoms with van der Waals surface area (Å²) in [7, 11) is 0. The molecule has 0 amide bonds. The van der Waals surface area contributed by atoms with Gasteiger partial charge in [0.2, 0.25) is 0 Å². The highest BCUT2D eigenvalue weighted by molar-refractivity contribution is 7.09. The summed E-state index contributed by atoms with van der Waals surface area (Å²) in [6.45, 7) is 0. The predicted molar refractivity (Wildman–Crippen MR) is 50.7 cm³/mol. The molecule has 2 heterocycles. The second-order valence-corrected chi connectivity index (χ2v) is 3.33. The fourth-order valence-corrected chi connectivity index (χ4v) is 1.60. The number of pyridine rings is 1. The van der Waals surface area contributed by atoms with Gasteiger partial charge in [-0.25, -0.2) is 4.37 Å². The Kier molecular flexibility index (Phi) is 2.14. The van der Waals surface area contributed by atoms with E-state index in [1.807, 2.05) is 6.07 Å². The standard InChI is InChI=1S/C9H6N2OS/c12-6-7-3-8(5-10-4-7)9-1-2-11-13-9/h1-6H. The van der Waals surface area contributed by atoms with Crippen molar-refractivity contribution in [2.45, 2.75) is 0 Å². The Morgan fingerprint density at radius 2 is 2.31 bits per heavy atom. The maximum Gasteiger partial charge on any atom is 0.151 e. The van der Waals surface area contributed by atoms with Crippen LogP contribution in [0.2, 0.25) is 0 Å². The van der Waals surface area contributed by atoms with Crippen LogP contribution in [0, 0.1) is 0 Å².